The minimum absolute atomic E-state index is 0.298. The number of H-pyrrole nitrogens is 1. The molecule has 0 aliphatic carbocycles. The Morgan fingerprint density at radius 3 is 2.27 bits per heavy atom. The van der Waals surface area contributed by atoms with Crippen molar-refractivity contribution in [2.45, 2.75) is 18.6 Å². The summed E-state index contributed by atoms with van der Waals surface area (Å²) in [4.78, 5) is 4.18. The lowest BCUT2D eigenvalue weighted by Crippen LogP contribution is -2.40. The van der Waals surface area contributed by atoms with E-state index in [4.69, 9.17) is 14.2 Å². The fourth-order valence-electron chi connectivity index (χ4n) is 2.90. The Labute approximate surface area is 149 Å². The summed E-state index contributed by atoms with van der Waals surface area (Å²) >= 11 is 0. The summed E-state index contributed by atoms with van der Waals surface area (Å²) in [5.74, 6) is 0.713. The van der Waals surface area contributed by atoms with E-state index >= 15 is 0 Å². The van der Waals surface area contributed by atoms with Crippen LogP contribution in [0.2, 0.25) is 0 Å². The number of aromatic amines is 1. The number of benzene rings is 2. The minimum Gasteiger partial charge on any atom is -0.457 e. The summed E-state index contributed by atoms with van der Waals surface area (Å²) in [7, 11) is 0. The molecule has 2 heterocycles. The standard InChI is InChI=1S/C19H18FN3O3/c20-15-4-8-17(9-5-15)26-16-6-2-14(3-7-16)19(24-10-1-11-25-19)12-18-21-13-22-23-18/h2-9,13H,1,10-12H2,(H,21,22,23). The van der Waals surface area contributed by atoms with Crippen molar-refractivity contribution in [2.75, 3.05) is 13.2 Å². The quantitative estimate of drug-likeness (QED) is 0.758. The molecule has 4 rings (SSSR count). The molecule has 0 radical (unpaired) electrons. The van der Waals surface area contributed by atoms with Crippen LogP contribution in [0.4, 0.5) is 4.39 Å². The van der Waals surface area contributed by atoms with Gasteiger partial charge in [0.05, 0.1) is 19.6 Å². The normalized spacial score (nSPS) is 16.3. The predicted molar refractivity (Wildman–Crippen MR) is 91.2 cm³/mol. The third-order valence-corrected chi connectivity index (χ3v) is 4.17. The molecule has 26 heavy (non-hydrogen) atoms. The molecule has 0 bridgehead atoms. The van der Waals surface area contributed by atoms with E-state index in [0.29, 0.717) is 37.0 Å². The number of hydrogen-bond donors (Lipinski definition) is 1. The molecular formula is C19H18FN3O3. The van der Waals surface area contributed by atoms with Crippen LogP contribution >= 0.6 is 0 Å². The summed E-state index contributed by atoms with van der Waals surface area (Å²) in [5.41, 5.74) is 0.875. The molecular weight excluding hydrogens is 337 g/mol. The third kappa shape index (κ3) is 3.58. The zero-order valence-electron chi connectivity index (χ0n) is 14.0. The Hall–Kier alpha value is -2.77. The highest BCUT2D eigenvalue weighted by molar-refractivity contribution is 5.35. The van der Waals surface area contributed by atoms with Crippen molar-refractivity contribution in [3.63, 3.8) is 0 Å². The van der Waals surface area contributed by atoms with Crippen molar-refractivity contribution in [3.05, 3.63) is 72.1 Å². The second-order valence-electron chi connectivity index (χ2n) is 5.99. The van der Waals surface area contributed by atoms with Gasteiger partial charge in [0.15, 0.2) is 0 Å². The number of hydrogen-bond acceptors (Lipinski definition) is 5. The van der Waals surface area contributed by atoms with Gasteiger partial charge < -0.3 is 14.2 Å². The molecule has 2 aromatic carbocycles. The van der Waals surface area contributed by atoms with Gasteiger partial charge in [-0.05, 0) is 55.0 Å². The van der Waals surface area contributed by atoms with Gasteiger partial charge in [0.2, 0.25) is 5.79 Å². The highest BCUT2D eigenvalue weighted by atomic mass is 19.1. The molecule has 0 unspecified atom stereocenters. The average Bonchev–Trinajstić information content (AvgIpc) is 3.18. The maximum absolute atomic E-state index is 13.0. The lowest BCUT2D eigenvalue weighted by molar-refractivity contribution is -0.276. The summed E-state index contributed by atoms with van der Waals surface area (Å²) in [5, 5.41) is 6.74. The van der Waals surface area contributed by atoms with Crippen LogP contribution in [-0.4, -0.2) is 28.4 Å². The molecule has 0 atom stereocenters. The van der Waals surface area contributed by atoms with Crippen molar-refractivity contribution < 1.29 is 18.6 Å². The smallest absolute Gasteiger partial charge is 0.202 e. The first-order valence-corrected chi connectivity index (χ1v) is 8.40. The second kappa shape index (κ2) is 7.23. The summed E-state index contributed by atoms with van der Waals surface area (Å²) in [6.45, 7) is 1.23. The highest BCUT2D eigenvalue weighted by Gasteiger charge is 2.38. The SMILES string of the molecule is Fc1ccc(Oc2ccc(C3(Cc4ncn[nH]4)OCCCO3)cc2)cc1. The molecule has 1 aliphatic rings. The Kier molecular flexibility index (Phi) is 4.64. The fraction of sp³-hybridized carbons (Fsp3) is 0.263. The summed E-state index contributed by atoms with van der Waals surface area (Å²) in [6.07, 6.45) is 2.75. The number of ether oxygens (including phenoxy) is 3. The van der Waals surface area contributed by atoms with E-state index in [2.05, 4.69) is 15.2 Å². The highest BCUT2D eigenvalue weighted by Crippen LogP contribution is 2.35. The van der Waals surface area contributed by atoms with Gasteiger partial charge in [0, 0.05) is 5.56 Å². The maximum atomic E-state index is 13.0. The first-order chi connectivity index (χ1) is 12.7. The molecule has 1 saturated heterocycles. The van der Waals surface area contributed by atoms with Crippen LogP contribution in [0.15, 0.2) is 54.9 Å². The van der Waals surface area contributed by atoms with Gasteiger partial charge >= 0.3 is 0 Å². The third-order valence-electron chi connectivity index (χ3n) is 4.17. The van der Waals surface area contributed by atoms with Gasteiger partial charge in [-0.15, -0.1) is 0 Å². The molecule has 6 nitrogen and oxygen atoms in total. The largest absolute Gasteiger partial charge is 0.457 e. The lowest BCUT2D eigenvalue weighted by Gasteiger charge is -2.37. The Balaban J connectivity index is 1.55. The fourth-order valence-corrected chi connectivity index (χ4v) is 2.90. The minimum atomic E-state index is -0.897. The number of rotatable bonds is 5. The molecule has 1 aliphatic heterocycles. The maximum Gasteiger partial charge on any atom is 0.202 e. The van der Waals surface area contributed by atoms with Crippen LogP contribution < -0.4 is 4.74 Å². The molecule has 134 valence electrons. The first-order valence-electron chi connectivity index (χ1n) is 8.40. The van der Waals surface area contributed by atoms with E-state index < -0.39 is 5.79 Å². The average molecular weight is 355 g/mol. The molecule has 1 N–H and O–H groups in total. The second-order valence-corrected chi connectivity index (χ2v) is 5.99. The van der Waals surface area contributed by atoms with Gasteiger partial charge in [0.25, 0.3) is 0 Å². The zero-order chi connectivity index (χ0) is 17.8. The van der Waals surface area contributed by atoms with Crippen molar-refractivity contribution in [2.24, 2.45) is 0 Å². The van der Waals surface area contributed by atoms with Crippen LogP contribution in [0, 0.1) is 5.82 Å². The van der Waals surface area contributed by atoms with Gasteiger partial charge in [-0.2, -0.15) is 5.10 Å². The van der Waals surface area contributed by atoms with Crippen LogP contribution in [0.25, 0.3) is 0 Å². The zero-order valence-corrected chi connectivity index (χ0v) is 14.0. The van der Waals surface area contributed by atoms with Gasteiger partial charge in [-0.3, -0.25) is 5.10 Å². The topological polar surface area (TPSA) is 69.3 Å². The first kappa shape index (κ1) is 16.7. The number of aromatic nitrogens is 3. The van der Waals surface area contributed by atoms with E-state index in [-0.39, 0.29) is 5.82 Å². The van der Waals surface area contributed by atoms with Crippen molar-refractivity contribution >= 4 is 0 Å². The van der Waals surface area contributed by atoms with E-state index in [1.165, 1.54) is 18.5 Å². The summed E-state index contributed by atoms with van der Waals surface area (Å²) < 4.78 is 30.7. The van der Waals surface area contributed by atoms with Gasteiger partial charge in [0.1, 0.15) is 29.5 Å². The Morgan fingerprint density at radius 1 is 1.00 bits per heavy atom. The van der Waals surface area contributed by atoms with E-state index in [1.54, 1.807) is 12.1 Å². The number of nitrogens with one attached hydrogen (secondary N) is 1. The van der Waals surface area contributed by atoms with Crippen LogP contribution in [-0.2, 0) is 21.7 Å². The lowest BCUT2D eigenvalue weighted by atomic mass is 10.0. The molecule has 0 spiro atoms. The van der Waals surface area contributed by atoms with Crippen LogP contribution in [0.3, 0.4) is 0 Å². The van der Waals surface area contributed by atoms with E-state index in [9.17, 15) is 4.39 Å². The van der Waals surface area contributed by atoms with Crippen molar-refractivity contribution in [1.82, 2.24) is 15.2 Å². The number of nitrogens with zero attached hydrogens (tertiary/aromatic N) is 2. The summed E-state index contributed by atoms with van der Waals surface area (Å²) in [6, 6.07) is 13.4. The molecule has 1 fully saturated rings. The monoisotopic (exact) mass is 355 g/mol. The van der Waals surface area contributed by atoms with Crippen molar-refractivity contribution in [1.29, 1.82) is 0 Å². The van der Waals surface area contributed by atoms with E-state index in [1.807, 2.05) is 24.3 Å². The molecule has 0 amide bonds. The predicted octanol–water partition coefficient (Wildman–Crippen LogP) is 3.57. The molecule has 3 aromatic rings. The van der Waals surface area contributed by atoms with Gasteiger partial charge in [-0.1, -0.05) is 0 Å². The van der Waals surface area contributed by atoms with E-state index in [0.717, 1.165) is 12.0 Å². The Morgan fingerprint density at radius 2 is 1.65 bits per heavy atom. The van der Waals surface area contributed by atoms with Crippen molar-refractivity contribution in [3.8, 4) is 11.5 Å². The van der Waals surface area contributed by atoms with Crippen LogP contribution in [0.5, 0.6) is 11.5 Å². The molecule has 7 heteroatoms. The molecule has 1 aromatic heterocycles. The molecule has 0 saturated carbocycles. The van der Waals surface area contributed by atoms with Crippen LogP contribution in [0.1, 0.15) is 17.8 Å². The van der Waals surface area contributed by atoms with Gasteiger partial charge in [-0.25, -0.2) is 9.37 Å². The Bertz CT molecular complexity index is 829. The number of halogens is 1.